The van der Waals surface area contributed by atoms with Gasteiger partial charge in [0.15, 0.2) is 0 Å². The van der Waals surface area contributed by atoms with Gasteiger partial charge >= 0.3 is 0 Å². The third kappa shape index (κ3) is 2.25. The standard InChI is InChI=1S/C14H18N4OS/c1-8-4-5-10-11(16)12(20-13(10)17-8)14(19)18-6-2-3-9(15)7-18/h4-5,9H,2-3,6-7,15-16H2,1H3. The highest BCUT2D eigenvalue weighted by Gasteiger charge is 2.26. The first-order chi connectivity index (χ1) is 9.56. The van der Waals surface area contributed by atoms with Crippen molar-refractivity contribution in [3.8, 4) is 0 Å². The number of amides is 1. The summed E-state index contributed by atoms with van der Waals surface area (Å²) in [6, 6.07) is 3.92. The maximum Gasteiger partial charge on any atom is 0.266 e. The molecule has 5 nitrogen and oxygen atoms in total. The molecule has 0 bridgehead atoms. The van der Waals surface area contributed by atoms with E-state index in [1.54, 1.807) is 0 Å². The Morgan fingerprint density at radius 2 is 2.30 bits per heavy atom. The van der Waals surface area contributed by atoms with Gasteiger partial charge in [0.1, 0.15) is 9.71 Å². The molecule has 0 aliphatic carbocycles. The van der Waals surface area contributed by atoms with Gasteiger partial charge in [0.05, 0.1) is 5.69 Å². The number of hydrogen-bond acceptors (Lipinski definition) is 5. The first kappa shape index (κ1) is 13.3. The number of nitrogen functional groups attached to an aromatic ring is 1. The number of rotatable bonds is 1. The molecule has 1 unspecified atom stereocenters. The number of aryl methyl sites for hydroxylation is 1. The largest absolute Gasteiger partial charge is 0.397 e. The van der Waals surface area contributed by atoms with Crippen molar-refractivity contribution in [1.82, 2.24) is 9.88 Å². The summed E-state index contributed by atoms with van der Waals surface area (Å²) in [4.78, 5) is 20.3. The van der Waals surface area contributed by atoms with Crippen molar-refractivity contribution in [3.05, 3.63) is 22.7 Å². The van der Waals surface area contributed by atoms with Gasteiger partial charge in [0.2, 0.25) is 0 Å². The lowest BCUT2D eigenvalue weighted by atomic mass is 10.1. The van der Waals surface area contributed by atoms with Crippen LogP contribution in [0, 0.1) is 6.92 Å². The molecule has 20 heavy (non-hydrogen) atoms. The van der Waals surface area contributed by atoms with Crippen molar-refractivity contribution >= 4 is 33.1 Å². The van der Waals surface area contributed by atoms with Gasteiger partial charge in [-0.25, -0.2) is 4.98 Å². The molecular formula is C14H18N4OS. The van der Waals surface area contributed by atoms with Gasteiger partial charge in [-0.2, -0.15) is 0 Å². The molecule has 106 valence electrons. The molecule has 0 aromatic carbocycles. The SMILES string of the molecule is Cc1ccc2c(N)c(C(=O)N3CCCC(N)C3)sc2n1. The van der Waals surface area contributed by atoms with Gasteiger partial charge < -0.3 is 16.4 Å². The minimum Gasteiger partial charge on any atom is -0.397 e. The number of pyridine rings is 1. The average molecular weight is 290 g/mol. The number of nitrogens with two attached hydrogens (primary N) is 2. The van der Waals surface area contributed by atoms with Crippen LogP contribution in [-0.2, 0) is 0 Å². The highest BCUT2D eigenvalue weighted by Crippen LogP contribution is 2.33. The molecule has 1 atom stereocenters. The van der Waals surface area contributed by atoms with Crippen LogP contribution >= 0.6 is 11.3 Å². The predicted octanol–water partition coefficient (Wildman–Crippen LogP) is 1.75. The Kier molecular flexibility index (Phi) is 3.35. The molecule has 2 aromatic rings. The molecule has 0 saturated carbocycles. The second kappa shape index (κ2) is 5.03. The third-order valence-corrected chi connectivity index (χ3v) is 4.78. The lowest BCUT2D eigenvalue weighted by Gasteiger charge is -2.30. The first-order valence-corrected chi connectivity index (χ1v) is 7.58. The summed E-state index contributed by atoms with van der Waals surface area (Å²) in [5.74, 6) is -0.0155. The number of likely N-dealkylation sites (tertiary alicyclic amines) is 1. The number of hydrogen-bond donors (Lipinski definition) is 2. The molecule has 4 N–H and O–H groups in total. The summed E-state index contributed by atoms with van der Waals surface area (Å²) in [5.41, 5.74) is 13.5. The molecule has 2 aromatic heterocycles. The van der Waals surface area contributed by atoms with Crippen LogP contribution in [0.15, 0.2) is 12.1 Å². The number of thiophene rings is 1. The zero-order chi connectivity index (χ0) is 14.3. The Labute approximate surface area is 121 Å². The Hall–Kier alpha value is -1.66. The van der Waals surface area contributed by atoms with E-state index in [4.69, 9.17) is 11.5 Å². The van der Waals surface area contributed by atoms with E-state index >= 15 is 0 Å². The maximum absolute atomic E-state index is 12.6. The van der Waals surface area contributed by atoms with Gasteiger partial charge in [-0.15, -0.1) is 11.3 Å². The van der Waals surface area contributed by atoms with Crippen LogP contribution in [0.5, 0.6) is 0 Å². The van der Waals surface area contributed by atoms with Crippen LogP contribution in [0.1, 0.15) is 28.2 Å². The number of aromatic nitrogens is 1. The number of piperidine rings is 1. The number of nitrogens with zero attached hydrogens (tertiary/aromatic N) is 2. The minimum absolute atomic E-state index is 0.0155. The van der Waals surface area contributed by atoms with Gasteiger partial charge in [0.25, 0.3) is 5.91 Å². The van der Waals surface area contributed by atoms with E-state index < -0.39 is 0 Å². The van der Waals surface area contributed by atoms with Crippen molar-refractivity contribution in [2.75, 3.05) is 18.8 Å². The fraction of sp³-hybridized carbons (Fsp3) is 0.429. The smallest absolute Gasteiger partial charge is 0.266 e. The number of carbonyl (C=O) groups is 1. The zero-order valence-corrected chi connectivity index (χ0v) is 12.2. The third-order valence-electron chi connectivity index (χ3n) is 3.67. The van der Waals surface area contributed by atoms with Crippen LogP contribution in [-0.4, -0.2) is 34.9 Å². The van der Waals surface area contributed by atoms with Gasteiger partial charge in [-0.05, 0) is 31.9 Å². The summed E-state index contributed by atoms with van der Waals surface area (Å²) in [6.07, 6.45) is 1.93. The molecule has 1 fully saturated rings. The van der Waals surface area contributed by atoms with Gasteiger partial charge in [-0.3, -0.25) is 4.79 Å². The summed E-state index contributed by atoms with van der Waals surface area (Å²) < 4.78 is 0. The summed E-state index contributed by atoms with van der Waals surface area (Å²) in [7, 11) is 0. The van der Waals surface area contributed by atoms with Crippen molar-refractivity contribution in [2.24, 2.45) is 5.73 Å². The highest BCUT2D eigenvalue weighted by atomic mass is 32.1. The van der Waals surface area contributed by atoms with E-state index in [1.165, 1.54) is 11.3 Å². The maximum atomic E-state index is 12.6. The zero-order valence-electron chi connectivity index (χ0n) is 11.4. The highest BCUT2D eigenvalue weighted by molar-refractivity contribution is 7.21. The van der Waals surface area contributed by atoms with E-state index in [2.05, 4.69) is 4.98 Å². The molecule has 1 saturated heterocycles. The fourth-order valence-electron chi connectivity index (χ4n) is 2.59. The molecule has 3 heterocycles. The summed E-state index contributed by atoms with van der Waals surface area (Å²) in [6.45, 7) is 3.30. The molecule has 0 radical (unpaired) electrons. The minimum atomic E-state index is -0.0155. The Morgan fingerprint density at radius 3 is 3.05 bits per heavy atom. The quantitative estimate of drug-likeness (QED) is 0.838. The van der Waals surface area contributed by atoms with Gasteiger partial charge in [-0.1, -0.05) is 0 Å². The molecular weight excluding hydrogens is 272 g/mol. The molecule has 6 heteroatoms. The van der Waals surface area contributed by atoms with E-state index in [1.807, 2.05) is 24.0 Å². The normalized spacial score (nSPS) is 19.5. The van der Waals surface area contributed by atoms with Crippen molar-refractivity contribution in [2.45, 2.75) is 25.8 Å². The molecule has 0 spiro atoms. The van der Waals surface area contributed by atoms with Crippen molar-refractivity contribution < 1.29 is 4.79 Å². The van der Waals surface area contributed by atoms with E-state index in [0.29, 0.717) is 17.1 Å². The lowest BCUT2D eigenvalue weighted by Crippen LogP contribution is -2.45. The van der Waals surface area contributed by atoms with Crippen LogP contribution in [0.4, 0.5) is 5.69 Å². The van der Waals surface area contributed by atoms with Crippen LogP contribution in [0.3, 0.4) is 0 Å². The monoisotopic (exact) mass is 290 g/mol. The first-order valence-electron chi connectivity index (χ1n) is 6.76. The molecule has 1 aliphatic rings. The molecule has 1 amide bonds. The van der Waals surface area contributed by atoms with E-state index in [9.17, 15) is 4.79 Å². The Morgan fingerprint density at radius 1 is 1.50 bits per heavy atom. The summed E-state index contributed by atoms with van der Waals surface area (Å²) >= 11 is 1.37. The van der Waals surface area contributed by atoms with E-state index in [0.717, 1.165) is 35.3 Å². The predicted molar refractivity (Wildman–Crippen MR) is 81.9 cm³/mol. The molecule has 3 rings (SSSR count). The topological polar surface area (TPSA) is 85.2 Å². The molecule has 1 aliphatic heterocycles. The summed E-state index contributed by atoms with van der Waals surface area (Å²) in [5, 5.41) is 0.866. The van der Waals surface area contributed by atoms with Crippen molar-refractivity contribution in [1.29, 1.82) is 0 Å². The van der Waals surface area contributed by atoms with Crippen LogP contribution in [0.25, 0.3) is 10.2 Å². The van der Waals surface area contributed by atoms with Crippen LogP contribution in [0.2, 0.25) is 0 Å². The average Bonchev–Trinajstić information content (AvgIpc) is 2.74. The van der Waals surface area contributed by atoms with Gasteiger partial charge in [0, 0.05) is 30.2 Å². The second-order valence-corrected chi connectivity index (χ2v) is 6.30. The number of fused-ring (bicyclic) bond motifs is 1. The number of carbonyl (C=O) groups excluding carboxylic acids is 1. The Bertz CT molecular complexity index is 666. The number of anilines is 1. The second-order valence-electron chi connectivity index (χ2n) is 5.30. The van der Waals surface area contributed by atoms with Crippen LogP contribution < -0.4 is 11.5 Å². The Balaban J connectivity index is 1.97. The lowest BCUT2D eigenvalue weighted by molar-refractivity contribution is 0.0715. The fourth-order valence-corrected chi connectivity index (χ4v) is 3.69. The van der Waals surface area contributed by atoms with E-state index in [-0.39, 0.29) is 11.9 Å². The van der Waals surface area contributed by atoms with Crippen molar-refractivity contribution in [3.63, 3.8) is 0 Å².